The van der Waals surface area contributed by atoms with Gasteiger partial charge in [-0.1, -0.05) is 0 Å². The summed E-state index contributed by atoms with van der Waals surface area (Å²) < 4.78 is 0. The van der Waals surface area contributed by atoms with Gasteiger partial charge < -0.3 is 5.48 Å². The van der Waals surface area contributed by atoms with Crippen molar-refractivity contribution in [2.24, 2.45) is 0 Å². The first kappa shape index (κ1) is 61.9. The van der Waals surface area contributed by atoms with Crippen molar-refractivity contribution in [1.29, 1.82) is 0 Å². The standard InChI is InChI=1S/Al.Fe.H2O.Si/h;;1H2;. The van der Waals surface area contributed by atoms with E-state index in [1.165, 1.54) is 0 Å². The predicted molar refractivity (Wildman–Crippen MR) is 15.1 cm³/mol. The molecule has 0 aliphatic carbocycles. The van der Waals surface area contributed by atoms with Crippen molar-refractivity contribution in [2.45, 2.75) is 0 Å². The molecule has 0 aromatic rings. The maximum absolute atomic E-state index is 0. The Morgan fingerprint density at radius 1 is 1.00 bits per heavy atom. The van der Waals surface area contributed by atoms with Crippen molar-refractivity contribution in [1.82, 2.24) is 0 Å². The molecule has 1 nitrogen and oxygen atoms in total. The summed E-state index contributed by atoms with van der Waals surface area (Å²) >= 11 is 0. The average Bonchev–Trinajstić information content (AvgIpc) is 0. The summed E-state index contributed by atoms with van der Waals surface area (Å²) in [5, 5.41) is 0. The van der Waals surface area contributed by atoms with E-state index in [1.54, 1.807) is 0 Å². The Labute approximate surface area is 51.1 Å². The smallest absolute Gasteiger partial charge is 0 e. The first-order chi connectivity index (χ1) is 0. The Morgan fingerprint density at radius 2 is 1.00 bits per heavy atom. The van der Waals surface area contributed by atoms with Gasteiger partial charge in [-0.2, -0.15) is 0 Å². The molecular formula is H2AlFeOSi. The Hall–Kier alpha value is 1.23. The summed E-state index contributed by atoms with van der Waals surface area (Å²) in [5.74, 6) is 0. The van der Waals surface area contributed by atoms with Gasteiger partial charge in [-0.05, 0) is 0 Å². The number of rotatable bonds is 0. The fourth-order valence-electron chi connectivity index (χ4n) is 0. The average molecular weight is 129 g/mol. The van der Waals surface area contributed by atoms with Gasteiger partial charge in [0.05, 0.1) is 0 Å². The molecule has 0 aromatic heterocycles. The second-order valence-electron chi connectivity index (χ2n) is 0. The Kier molecular flexibility index (Phi) is 452. The molecule has 0 unspecified atom stereocenters. The maximum Gasteiger partial charge on any atom is 0 e. The van der Waals surface area contributed by atoms with E-state index < -0.39 is 0 Å². The van der Waals surface area contributed by atoms with Crippen LogP contribution >= 0.6 is 0 Å². The third-order valence-corrected chi connectivity index (χ3v) is 0. The molecule has 0 amide bonds. The number of hydrogen-bond acceptors (Lipinski definition) is 0. The number of hydrogen-bond donors (Lipinski definition) is 0. The molecule has 0 saturated heterocycles. The topological polar surface area (TPSA) is 31.5 Å². The first-order valence-electron chi connectivity index (χ1n) is 0. The van der Waals surface area contributed by atoms with Crippen molar-refractivity contribution in [3.63, 3.8) is 0 Å². The molecule has 0 aliphatic rings. The van der Waals surface area contributed by atoms with Crippen LogP contribution in [0.4, 0.5) is 0 Å². The zero-order valence-corrected chi connectivity index (χ0v) is 5.19. The van der Waals surface area contributed by atoms with Crippen molar-refractivity contribution in [3.05, 3.63) is 0 Å². The Bertz CT molecular complexity index is 8.00. The minimum absolute atomic E-state index is 0. The largest absolute Gasteiger partial charge is 0.412 e. The first-order valence-corrected chi connectivity index (χ1v) is 0. The van der Waals surface area contributed by atoms with Crippen LogP contribution in [0.1, 0.15) is 0 Å². The molecular weight excluding hydrogens is 127 g/mol. The van der Waals surface area contributed by atoms with Gasteiger partial charge in [0.15, 0.2) is 0 Å². The SMILES string of the molecule is O.[Al].[Fe].[Si]. The summed E-state index contributed by atoms with van der Waals surface area (Å²) in [5.41, 5.74) is 0. The van der Waals surface area contributed by atoms with Crippen LogP contribution in [0.25, 0.3) is 0 Å². The second kappa shape index (κ2) is 29.2. The third-order valence-electron chi connectivity index (χ3n) is 0. The van der Waals surface area contributed by atoms with Gasteiger partial charge in [0, 0.05) is 45.4 Å². The minimum atomic E-state index is 0. The van der Waals surface area contributed by atoms with Crippen LogP contribution in [-0.2, 0) is 17.1 Å². The fourth-order valence-corrected chi connectivity index (χ4v) is 0. The van der Waals surface area contributed by atoms with Gasteiger partial charge in [-0.25, -0.2) is 0 Å². The minimum Gasteiger partial charge on any atom is -0.412 e. The van der Waals surface area contributed by atoms with Gasteiger partial charge in [-0.3, -0.25) is 0 Å². The summed E-state index contributed by atoms with van der Waals surface area (Å²) in [7, 11) is 0. The molecule has 0 saturated carbocycles. The van der Waals surface area contributed by atoms with Gasteiger partial charge in [-0.15, -0.1) is 0 Å². The summed E-state index contributed by atoms with van der Waals surface area (Å²) in [4.78, 5) is 0. The molecule has 0 spiro atoms. The molecule has 0 bridgehead atoms. The second-order valence-corrected chi connectivity index (χ2v) is 0. The zero-order valence-electron chi connectivity index (χ0n) is 1.93. The van der Waals surface area contributed by atoms with Crippen LogP contribution in [0.2, 0.25) is 0 Å². The molecule has 4 heteroatoms. The van der Waals surface area contributed by atoms with Gasteiger partial charge in [0.2, 0.25) is 0 Å². The molecule has 7 radical (unpaired) electrons. The maximum atomic E-state index is 0. The summed E-state index contributed by atoms with van der Waals surface area (Å²) in [6.07, 6.45) is 0. The zero-order chi connectivity index (χ0) is 0. The van der Waals surface area contributed by atoms with Crippen molar-refractivity contribution < 1.29 is 22.5 Å². The van der Waals surface area contributed by atoms with E-state index >= 15 is 0 Å². The fraction of sp³-hybridized carbons (Fsp3) is 0. The van der Waals surface area contributed by atoms with Crippen LogP contribution in [0.15, 0.2) is 0 Å². The molecule has 0 atom stereocenters. The van der Waals surface area contributed by atoms with Crippen LogP contribution in [0.5, 0.6) is 0 Å². The van der Waals surface area contributed by atoms with E-state index in [0.717, 1.165) is 0 Å². The molecule has 2 N–H and O–H groups in total. The van der Waals surface area contributed by atoms with Crippen molar-refractivity contribution in [3.8, 4) is 0 Å². The van der Waals surface area contributed by atoms with Crippen LogP contribution < -0.4 is 0 Å². The van der Waals surface area contributed by atoms with E-state index in [-0.39, 0.29) is 50.9 Å². The van der Waals surface area contributed by atoms with Crippen LogP contribution in [-0.4, -0.2) is 33.8 Å². The molecule has 23 valence electrons. The quantitative estimate of drug-likeness (QED) is 0.353. The van der Waals surface area contributed by atoms with Gasteiger partial charge in [0.25, 0.3) is 0 Å². The summed E-state index contributed by atoms with van der Waals surface area (Å²) in [6.45, 7) is 0. The van der Waals surface area contributed by atoms with Crippen molar-refractivity contribution >= 4 is 28.3 Å². The monoisotopic (exact) mass is 129 g/mol. The van der Waals surface area contributed by atoms with E-state index in [0.29, 0.717) is 0 Å². The van der Waals surface area contributed by atoms with E-state index in [9.17, 15) is 0 Å². The normalized spacial score (nSPS) is 0. The summed E-state index contributed by atoms with van der Waals surface area (Å²) in [6, 6.07) is 0. The van der Waals surface area contributed by atoms with E-state index in [4.69, 9.17) is 0 Å². The Morgan fingerprint density at radius 3 is 1.00 bits per heavy atom. The Balaban J connectivity index is 0. The predicted octanol–water partition coefficient (Wildman–Crippen LogP) is -1.59. The van der Waals surface area contributed by atoms with Crippen LogP contribution in [0.3, 0.4) is 0 Å². The molecule has 0 aliphatic heterocycles. The molecule has 0 fully saturated rings. The molecule has 0 aromatic carbocycles. The molecule has 0 rings (SSSR count). The van der Waals surface area contributed by atoms with E-state index in [1.807, 2.05) is 0 Å². The van der Waals surface area contributed by atoms with Gasteiger partial charge in [0.1, 0.15) is 0 Å². The third kappa shape index (κ3) is 10.6. The van der Waals surface area contributed by atoms with E-state index in [2.05, 4.69) is 0 Å². The molecule has 0 heterocycles. The molecule has 4 heavy (non-hydrogen) atoms. The van der Waals surface area contributed by atoms with Crippen molar-refractivity contribution in [2.75, 3.05) is 0 Å². The van der Waals surface area contributed by atoms with Crippen LogP contribution in [0, 0.1) is 0 Å². The van der Waals surface area contributed by atoms with Gasteiger partial charge >= 0.3 is 0 Å².